The van der Waals surface area contributed by atoms with Gasteiger partial charge in [0.1, 0.15) is 5.82 Å². The molecule has 3 heterocycles. The van der Waals surface area contributed by atoms with E-state index in [4.69, 9.17) is 5.73 Å². The van der Waals surface area contributed by atoms with Crippen LogP contribution in [0.3, 0.4) is 0 Å². The third-order valence-corrected chi connectivity index (χ3v) is 4.16. The van der Waals surface area contributed by atoms with Crippen LogP contribution in [0.1, 0.15) is 18.7 Å². The maximum Gasteiger partial charge on any atom is 0.231 e. The Hall–Kier alpha value is -2.81. The van der Waals surface area contributed by atoms with E-state index in [-0.39, 0.29) is 30.8 Å². The summed E-state index contributed by atoms with van der Waals surface area (Å²) < 4.78 is 0. The molecule has 9 nitrogen and oxygen atoms in total. The van der Waals surface area contributed by atoms with Crippen LogP contribution in [-0.4, -0.2) is 56.5 Å². The van der Waals surface area contributed by atoms with Crippen molar-refractivity contribution in [2.75, 3.05) is 19.6 Å². The molecule has 0 aromatic carbocycles. The van der Waals surface area contributed by atoms with E-state index in [1.807, 2.05) is 17.0 Å². The summed E-state index contributed by atoms with van der Waals surface area (Å²) in [5.74, 6) is 0.597. The van der Waals surface area contributed by atoms with Crippen molar-refractivity contribution < 1.29 is 9.59 Å². The first kappa shape index (κ1) is 17.0. The van der Waals surface area contributed by atoms with E-state index in [1.165, 1.54) is 0 Å². The van der Waals surface area contributed by atoms with Gasteiger partial charge in [-0.25, -0.2) is 4.98 Å². The largest absolute Gasteiger partial charge is 0.369 e. The van der Waals surface area contributed by atoms with Crippen molar-refractivity contribution in [2.24, 2.45) is 11.7 Å². The molecule has 1 aliphatic rings. The van der Waals surface area contributed by atoms with E-state index in [0.29, 0.717) is 18.2 Å². The molecule has 0 spiro atoms. The van der Waals surface area contributed by atoms with Crippen LogP contribution in [0.4, 0.5) is 0 Å². The lowest BCUT2D eigenvalue weighted by molar-refractivity contribution is -0.128. The van der Waals surface area contributed by atoms with Crippen LogP contribution in [0.15, 0.2) is 24.5 Å². The maximum absolute atomic E-state index is 12.4. The lowest BCUT2D eigenvalue weighted by atomic mass is 9.97. The molecule has 1 aliphatic heterocycles. The second kappa shape index (κ2) is 7.84. The molecule has 0 saturated carbocycles. The Labute approximate surface area is 145 Å². The smallest absolute Gasteiger partial charge is 0.231 e. The van der Waals surface area contributed by atoms with Crippen LogP contribution >= 0.6 is 0 Å². The second-order valence-corrected chi connectivity index (χ2v) is 6.10. The number of pyridine rings is 1. The number of aromatic amines is 1. The Morgan fingerprint density at radius 1 is 1.36 bits per heavy atom. The van der Waals surface area contributed by atoms with Gasteiger partial charge < -0.3 is 11.1 Å². The normalized spacial score (nSPS) is 18.0. The van der Waals surface area contributed by atoms with Crippen molar-refractivity contribution in [3.8, 4) is 11.4 Å². The first-order valence-corrected chi connectivity index (χ1v) is 8.22. The van der Waals surface area contributed by atoms with Gasteiger partial charge in [-0.2, -0.15) is 5.10 Å². The summed E-state index contributed by atoms with van der Waals surface area (Å²) in [6, 6.07) is 3.64. The molecule has 25 heavy (non-hydrogen) atoms. The summed E-state index contributed by atoms with van der Waals surface area (Å²) in [6.07, 6.45) is 5.03. The molecule has 1 fully saturated rings. The minimum absolute atomic E-state index is 0.0453. The number of nitrogens with one attached hydrogen (secondary N) is 2. The highest BCUT2D eigenvalue weighted by atomic mass is 16.2. The zero-order chi connectivity index (χ0) is 17.6. The zero-order valence-electron chi connectivity index (χ0n) is 13.8. The fourth-order valence-corrected chi connectivity index (χ4v) is 2.95. The van der Waals surface area contributed by atoms with E-state index < -0.39 is 0 Å². The average Bonchev–Trinajstić information content (AvgIpc) is 3.09. The molecule has 2 aromatic rings. The molecule has 1 atom stereocenters. The van der Waals surface area contributed by atoms with Gasteiger partial charge in [0.15, 0.2) is 5.82 Å². The fourth-order valence-electron chi connectivity index (χ4n) is 2.95. The Balaban J connectivity index is 1.52. The number of nitrogens with two attached hydrogens (primary N) is 1. The minimum Gasteiger partial charge on any atom is -0.369 e. The predicted octanol–water partition coefficient (Wildman–Crippen LogP) is -0.320. The van der Waals surface area contributed by atoms with Crippen molar-refractivity contribution in [1.29, 1.82) is 0 Å². The highest BCUT2D eigenvalue weighted by Crippen LogP contribution is 2.16. The fraction of sp³-hybridized carbons (Fsp3) is 0.438. The third kappa shape index (κ3) is 4.60. The Kier molecular flexibility index (Phi) is 5.34. The number of amides is 2. The SMILES string of the molecule is NC(=O)CN1CCC[C@H](C(=O)NCc2nc(-c3ccncc3)n[nH]2)C1. The van der Waals surface area contributed by atoms with Gasteiger partial charge in [0.25, 0.3) is 0 Å². The number of primary amides is 1. The number of hydrogen-bond acceptors (Lipinski definition) is 6. The van der Waals surface area contributed by atoms with E-state index in [9.17, 15) is 9.59 Å². The van der Waals surface area contributed by atoms with Gasteiger partial charge in [-0.3, -0.25) is 24.6 Å². The van der Waals surface area contributed by atoms with E-state index >= 15 is 0 Å². The van der Waals surface area contributed by atoms with Gasteiger partial charge in [-0.1, -0.05) is 0 Å². The lowest BCUT2D eigenvalue weighted by Crippen LogP contribution is -2.45. The highest BCUT2D eigenvalue weighted by molar-refractivity contribution is 5.79. The summed E-state index contributed by atoms with van der Waals surface area (Å²) in [4.78, 5) is 33.6. The monoisotopic (exact) mass is 343 g/mol. The van der Waals surface area contributed by atoms with E-state index in [0.717, 1.165) is 24.9 Å². The lowest BCUT2D eigenvalue weighted by Gasteiger charge is -2.30. The van der Waals surface area contributed by atoms with Crippen molar-refractivity contribution in [1.82, 2.24) is 30.4 Å². The van der Waals surface area contributed by atoms with Gasteiger partial charge in [-0.05, 0) is 31.5 Å². The van der Waals surface area contributed by atoms with Crippen LogP contribution < -0.4 is 11.1 Å². The molecule has 0 bridgehead atoms. The topological polar surface area (TPSA) is 130 Å². The minimum atomic E-state index is -0.369. The van der Waals surface area contributed by atoms with Crippen LogP contribution in [0.25, 0.3) is 11.4 Å². The number of likely N-dealkylation sites (tertiary alicyclic amines) is 1. The van der Waals surface area contributed by atoms with E-state index in [2.05, 4.69) is 25.5 Å². The summed E-state index contributed by atoms with van der Waals surface area (Å²) in [5, 5.41) is 9.86. The highest BCUT2D eigenvalue weighted by Gasteiger charge is 2.26. The quantitative estimate of drug-likeness (QED) is 0.659. The van der Waals surface area contributed by atoms with Crippen molar-refractivity contribution >= 4 is 11.8 Å². The van der Waals surface area contributed by atoms with Crippen molar-refractivity contribution in [3.05, 3.63) is 30.4 Å². The average molecular weight is 343 g/mol. The van der Waals surface area contributed by atoms with Crippen molar-refractivity contribution in [2.45, 2.75) is 19.4 Å². The number of nitrogens with zero attached hydrogens (tertiary/aromatic N) is 4. The maximum atomic E-state index is 12.4. The van der Waals surface area contributed by atoms with Gasteiger partial charge in [0, 0.05) is 24.5 Å². The number of H-pyrrole nitrogens is 1. The molecule has 1 saturated heterocycles. The molecule has 0 aliphatic carbocycles. The van der Waals surface area contributed by atoms with Crippen LogP contribution in [0.5, 0.6) is 0 Å². The summed E-state index contributed by atoms with van der Waals surface area (Å²) >= 11 is 0. The number of carbonyl (C=O) groups excluding carboxylic acids is 2. The number of rotatable bonds is 6. The van der Waals surface area contributed by atoms with Crippen LogP contribution in [0, 0.1) is 5.92 Å². The molecule has 0 unspecified atom stereocenters. The summed E-state index contributed by atoms with van der Waals surface area (Å²) in [7, 11) is 0. The van der Waals surface area contributed by atoms with Gasteiger partial charge in [0.2, 0.25) is 11.8 Å². The standard InChI is InChI=1S/C16H21N7O2/c17-13(24)10-23-7-1-2-12(9-23)16(25)19-8-14-20-15(22-21-14)11-3-5-18-6-4-11/h3-6,12H,1-2,7-10H2,(H2,17,24)(H,19,25)(H,20,21,22)/t12-/m0/s1. The Bertz CT molecular complexity index is 731. The molecule has 9 heteroatoms. The molecule has 2 amide bonds. The Morgan fingerprint density at radius 2 is 2.16 bits per heavy atom. The summed E-state index contributed by atoms with van der Waals surface area (Å²) in [6.45, 7) is 1.82. The number of carbonyl (C=O) groups is 2. The molecular formula is C16H21N7O2. The zero-order valence-corrected chi connectivity index (χ0v) is 13.8. The number of hydrogen-bond donors (Lipinski definition) is 3. The van der Waals surface area contributed by atoms with Crippen LogP contribution in [-0.2, 0) is 16.1 Å². The van der Waals surface area contributed by atoms with E-state index in [1.54, 1.807) is 12.4 Å². The second-order valence-electron chi connectivity index (χ2n) is 6.10. The molecule has 0 radical (unpaired) electrons. The molecule has 132 valence electrons. The Morgan fingerprint density at radius 3 is 2.92 bits per heavy atom. The van der Waals surface area contributed by atoms with Crippen molar-refractivity contribution in [3.63, 3.8) is 0 Å². The number of piperidine rings is 1. The van der Waals surface area contributed by atoms with Crippen LogP contribution in [0.2, 0.25) is 0 Å². The van der Waals surface area contributed by atoms with Gasteiger partial charge >= 0.3 is 0 Å². The molecule has 3 rings (SSSR count). The van der Waals surface area contributed by atoms with Gasteiger partial charge in [0.05, 0.1) is 19.0 Å². The van der Waals surface area contributed by atoms with Gasteiger partial charge in [-0.15, -0.1) is 0 Å². The molecular weight excluding hydrogens is 322 g/mol. The molecule has 4 N–H and O–H groups in total. The predicted molar refractivity (Wildman–Crippen MR) is 89.8 cm³/mol. The third-order valence-electron chi connectivity index (χ3n) is 4.16. The first-order valence-electron chi connectivity index (χ1n) is 8.22. The summed E-state index contributed by atoms with van der Waals surface area (Å²) in [5.41, 5.74) is 6.08. The first-order chi connectivity index (χ1) is 12.1. The number of aromatic nitrogens is 4. The molecule has 2 aromatic heterocycles.